The SMILES string of the molecule is CCCCCCCCCCCCCCCCNC(=O)C(N)CN1CCOCCOc2ccc3c4c2CN2C(=O)N5Cc6c(ccc(c6CN6C(=O)N(C4)C2(c2ccccc2)C56c2ccccc2)OCCOCCN(CC(N)C(=O)NCCCCCCCCCCCCCCCC)CCOCCO3)OCCOCC1. The number of nitrogens with zero attached hydrogens (tertiary/aromatic N) is 6. The van der Waals surface area contributed by atoms with Crippen LogP contribution in [0.5, 0.6) is 23.0 Å². The summed E-state index contributed by atoms with van der Waals surface area (Å²) in [5, 5.41) is 6.22. The molecule has 108 heavy (non-hydrogen) atoms. The zero-order valence-electron chi connectivity index (χ0n) is 65.7. The number of nitrogens with two attached hydrogens (primary N) is 2. The molecule has 2 atom stereocenters. The predicted octanol–water partition coefficient (Wildman–Crippen LogP) is 13.7. The number of carbonyl (C=O) groups is 4. The number of ether oxygens (including phenoxy) is 8. The summed E-state index contributed by atoms with van der Waals surface area (Å²) in [5.74, 6) is 1.76. The number of rotatable bonds is 38. The molecule has 0 spiro atoms. The van der Waals surface area contributed by atoms with Crippen molar-refractivity contribution in [3.8, 4) is 23.0 Å². The van der Waals surface area contributed by atoms with E-state index in [2.05, 4.69) is 34.3 Å². The number of benzene rings is 4. The smallest absolute Gasteiger partial charge is 0.325 e. The van der Waals surface area contributed by atoms with Gasteiger partial charge in [0.1, 0.15) is 49.4 Å². The molecular weight excluding hydrogens is 1370 g/mol. The van der Waals surface area contributed by atoms with E-state index in [9.17, 15) is 9.59 Å². The third kappa shape index (κ3) is 22.5. The Hall–Kier alpha value is -6.76. The van der Waals surface area contributed by atoms with Crippen LogP contribution < -0.4 is 41.0 Å². The average molecular weight is 1500 g/mol. The number of urea groups is 2. The van der Waals surface area contributed by atoms with Crippen LogP contribution in [0.25, 0.3) is 0 Å². The first kappa shape index (κ1) is 83.7. The summed E-state index contributed by atoms with van der Waals surface area (Å²) in [6, 6.07) is 25.3. The molecule has 22 nitrogen and oxygen atoms in total. The molecule has 6 N–H and O–H groups in total. The zero-order valence-corrected chi connectivity index (χ0v) is 65.7. The number of carbonyl (C=O) groups excluding carboxylic acids is 4. The molecule has 0 saturated carbocycles. The van der Waals surface area contributed by atoms with Crippen LogP contribution in [-0.2, 0) is 66.0 Å². The third-order valence-corrected chi connectivity index (χ3v) is 22.7. The highest BCUT2D eigenvalue weighted by Gasteiger charge is 2.81. The fourth-order valence-electron chi connectivity index (χ4n) is 16.8. The van der Waals surface area contributed by atoms with Crippen molar-refractivity contribution in [2.45, 2.75) is 243 Å². The Labute approximate surface area is 645 Å². The van der Waals surface area contributed by atoms with Crippen molar-refractivity contribution in [3.05, 3.63) is 118 Å². The Morgan fingerprint density at radius 2 is 0.602 bits per heavy atom. The molecule has 10 rings (SSSR count). The summed E-state index contributed by atoms with van der Waals surface area (Å²) < 4.78 is 52.5. The fraction of sp³-hybridized carbons (Fsp3) is 0.674. The van der Waals surface area contributed by atoms with Gasteiger partial charge in [0, 0.05) is 85.7 Å². The average Bonchev–Trinajstić information content (AvgIpc) is 1.47. The Balaban J connectivity index is 0.851. The number of unbranched alkanes of at least 4 members (excludes halogenated alkanes) is 26. The number of hydrogen-bond donors (Lipinski definition) is 4. The van der Waals surface area contributed by atoms with Gasteiger partial charge in [-0.1, -0.05) is 241 Å². The van der Waals surface area contributed by atoms with Crippen LogP contribution in [0.1, 0.15) is 227 Å². The summed E-state index contributed by atoms with van der Waals surface area (Å²) in [6.45, 7) is 11.4. The minimum Gasteiger partial charge on any atom is -0.491 e. The van der Waals surface area contributed by atoms with Gasteiger partial charge >= 0.3 is 12.1 Å². The zero-order chi connectivity index (χ0) is 75.4. The third-order valence-electron chi connectivity index (χ3n) is 22.7. The van der Waals surface area contributed by atoms with E-state index in [0.717, 1.165) is 36.8 Å². The van der Waals surface area contributed by atoms with Gasteiger partial charge in [-0.2, -0.15) is 0 Å². The monoisotopic (exact) mass is 1500 g/mol. The molecule has 2 unspecified atom stereocenters. The molecular formula is C86H132N10O12. The Kier molecular flexibility index (Phi) is 35.3. The quantitative estimate of drug-likeness (QED) is 0.0305. The standard InChI is InChI=1S/C86H132N10O12/c1-3-5-7-9-11-13-15-17-19-21-23-25-27-35-45-89-81(97)75(87)67-91-47-51-101-55-59-105-77-41-43-79-73-65-95-84(100)96-66-74-72(64-94-83(99)93(63-71(73)77)85(95,69-37-31-29-32-38-69)86(94,96)70-39-33-30-34-40-70)78(106-60-56-102-52-48-91)42-44-80(74)108-62-58-104-54-50-92(49-53-103-57-61-107-79)68-76(88)82(98)90-46-36-28-26-24-22-20-18-16-14-12-10-8-6-4-2/h29-34,37-44,75-76H,3-28,35-36,45-68,87-88H2,1-2H3,(H,89,97)(H,90,98). The van der Waals surface area contributed by atoms with Gasteiger partial charge in [0.25, 0.3) is 0 Å². The van der Waals surface area contributed by atoms with E-state index in [-0.39, 0.29) is 103 Å². The predicted molar refractivity (Wildman–Crippen MR) is 423 cm³/mol. The van der Waals surface area contributed by atoms with Crippen LogP contribution in [0.4, 0.5) is 9.59 Å². The van der Waals surface area contributed by atoms with Crippen LogP contribution in [0.3, 0.4) is 0 Å². The van der Waals surface area contributed by atoms with Crippen molar-refractivity contribution in [2.24, 2.45) is 11.5 Å². The molecule has 4 aromatic rings. The lowest BCUT2D eigenvalue weighted by Gasteiger charge is -2.49. The van der Waals surface area contributed by atoms with Crippen LogP contribution in [-0.4, -0.2) is 197 Å². The molecule has 6 heterocycles. The molecule has 8 bridgehead atoms. The highest BCUT2D eigenvalue weighted by Crippen LogP contribution is 2.66. The van der Waals surface area contributed by atoms with Crippen molar-refractivity contribution < 1.29 is 57.1 Å². The second-order valence-electron chi connectivity index (χ2n) is 30.5. The lowest BCUT2D eigenvalue weighted by atomic mass is 9.79. The first-order valence-corrected chi connectivity index (χ1v) is 42.0. The highest BCUT2D eigenvalue weighted by molar-refractivity contribution is 5.91. The van der Waals surface area contributed by atoms with Crippen molar-refractivity contribution in [1.82, 2.24) is 40.0 Å². The summed E-state index contributed by atoms with van der Waals surface area (Å²) in [4.78, 5) is 72.0. The van der Waals surface area contributed by atoms with E-state index in [0.29, 0.717) is 124 Å². The normalized spacial score (nSPS) is 20.4. The lowest BCUT2D eigenvalue weighted by Crippen LogP contribution is -2.62. The molecule has 4 aromatic carbocycles. The van der Waals surface area contributed by atoms with Gasteiger partial charge in [-0.05, 0) is 37.1 Å². The summed E-state index contributed by atoms with van der Waals surface area (Å²) in [6.07, 6.45) is 35.7. The van der Waals surface area contributed by atoms with Crippen molar-refractivity contribution in [2.75, 3.05) is 132 Å². The second kappa shape index (κ2) is 45.5. The number of hydrogen-bond acceptors (Lipinski definition) is 16. The second-order valence-corrected chi connectivity index (χ2v) is 30.5. The van der Waals surface area contributed by atoms with Gasteiger partial charge in [-0.25, -0.2) is 9.59 Å². The topological polar surface area (TPSA) is 238 Å². The minimum atomic E-state index is -1.50. The molecule has 2 fully saturated rings. The Morgan fingerprint density at radius 1 is 0.352 bits per heavy atom. The highest BCUT2D eigenvalue weighted by atomic mass is 16.5. The number of amides is 6. The first-order valence-electron chi connectivity index (χ1n) is 42.0. The summed E-state index contributed by atoms with van der Waals surface area (Å²) in [7, 11) is 0. The molecule has 22 heteroatoms. The maximum Gasteiger partial charge on any atom is 0.325 e. The summed E-state index contributed by atoms with van der Waals surface area (Å²) >= 11 is 0. The van der Waals surface area contributed by atoms with Gasteiger partial charge in [0.2, 0.25) is 11.8 Å². The molecule has 0 aliphatic carbocycles. The molecule has 6 aliphatic heterocycles. The van der Waals surface area contributed by atoms with Crippen LogP contribution in [0.2, 0.25) is 0 Å². The largest absolute Gasteiger partial charge is 0.491 e. The number of nitrogens with one attached hydrogen (secondary N) is 2. The molecule has 598 valence electrons. The maximum absolute atomic E-state index is 16.6. The fourth-order valence-corrected chi connectivity index (χ4v) is 16.8. The van der Waals surface area contributed by atoms with E-state index in [1.54, 1.807) is 0 Å². The van der Waals surface area contributed by atoms with Crippen molar-refractivity contribution in [1.29, 1.82) is 0 Å². The van der Waals surface area contributed by atoms with Crippen molar-refractivity contribution in [3.63, 3.8) is 0 Å². The van der Waals surface area contributed by atoms with E-state index >= 15 is 9.59 Å². The molecule has 6 amide bonds. The molecule has 0 radical (unpaired) electrons. The van der Waals surface area contributed by atoms with E-state index in [1.165, 1.54) is 154 Å². The molecule has 0 aromatic heterocycles. The van der Waals surface area contributed by atoms with Gasteiger partial charge in [0.05, 0.1) is 91.1 Å². The van der Waals surface area contributed by atoms with Crippen molar-refractivity contribution >= 4 is 23.9 Å². The molecule has 6 aliphatic rings. The minimum absolute atomic E-state index is 0.0318. The van der Waals surface area contributed by atoms with E-state index < -0.39 is 23.4 Å². The van der Waals surface area contributed by atoms with E-state index in [4.69, 9.17) is 49.4 Å². The van der Waals surface area contributed by atoms with Gasteiger partial charge in [0.15, 0.2) is 11.3 Å². The van der Waals surface area contributed by atoms with Gasteiger partial charge in [-0.15, -0.1) is 0 Å². The summed E-state index contributed by atoms with van der Waals surface area (Å²) in [5.41, 5.74) is 14.6. The van der Waals surface area contributed by atoms with Crippen LogP contribution >= 0.6 is 0 Å². The van der Waals surface area contributed by atoms with Gasteiger partial charge in [-0.3, -0.25) is 39.0 Å². The van der Waals surface area contributed by atoms with Crippen LogP contribution in [0.15, 0.2) is 84.9 Å². The first-order chi connectivity index (χ1) is 53.1. The molecule has 2 saturated heterocycles. The maximum atomic E-state index is 16.6. The Morgan fingerprint density at radius 3 is 0.861 bits per heavy atom. The Bertz CT molecular complexity index is 2990. The van der Waals surface area contributed by atoms with Crippen LogP contribution in [0, 0.1) is 0 Å². The van der Waals surface area contributed by atoms with Gasteiger partial charge < -0.3 is 60.0 Å². The lowest BCUT2D eigenvalue weighted by molar-refractivity contribution is -0.123. The van der Waals surface area contributed by atoms with E-state index in [1.807, 2.05) is 105 Å².